The SMILES string of the molecule is COc1ccccc1C1(O)CCCN(C(=O)c2ccc(Cn3cccn3)cc2)C1. The van der Waals surface area contributed by atoms with Crippen LogP contribution in [0.1, 0.15) is 34.3 Å². The van der Waals surface area contributed by atoms with Crippen molar-refractivity contribution in [3.8, 4) is 5.75 Å². The first-order valence-electron chi connectivity index (χ1n) is 9.80. The Morgan fingerprint density at radius 2 is 1.97 bits per heavy atom. The van der Waals surface area contributed by atoms with E-state index < -0.39 is 5.60 Å². The first-order valence-corrected chi connectivity index (χ1v) is 9.80. The van der Waals surface area contributed by atoms with E-state index in [1.54, 1.807) is 18.2 Å². The monoisotopic (exact) mass is 391 g/mol. The van der Waals surface area contributed by atoms with Crippen molar-refractivity contribution in [3.05, 3.63) is 83.7 Å². The quantitative estimate of drug-likeness (QED) is 0.726. The second-order valence-electron chi connectivity index (χ2n) is 7.46. The van der Waals surface area contributed by atoms with Gasteiger partial charge in [-0.3, -0.25) is 9.48 Å². The van der Waals surface area contributed by atoms with Gasteiger partial charge in [-0.05, 0) is 42.7 Å². The van der Waals surface area contributed by atoms with Crippen molar-refractivity contribution in [2.45, 2.75) is 25.0 Å². The summed E-state index contributed by atoms with van der Waals surface area (Å²) in [4.78, 5) is 14.8. The molecule has 1 amide bonds. The number of rotatable bonds is 5. The average molecular weight is 391 g/mol. The number of ether oxygens (including phenoxy) is 1. The van der Waals surface area contributed by atoms with E-state index in [4.69, 9.17) is 4.74 Å². The number of β-amino-alcohol motifs (C(OH)–C–C–N with tert-alkyl or cyclic N) is 1. The van der Waals surface area contributed by atoms with E-state index in [9.17, 15) is 9.90 Å². The summed E-state index contributed by atoms with van der Waals surface area (Å²) in [6.07, 6.45) is 4.99. The Labute approximate surface area is 170 Å². The molecule has 0 spiro atoms. The van der Waals surface area contributed by atoms with Gasteiger partial charge in [0.2, 0.25) is 0 Å². The fourth-order valence-electron chi connectivity index (χ4n) is 3.97. The number of likely N-dealkylation sites (tertiary alicyclic amines) is 1. The van der Waals surface area contributed by atoms with Gasteiger partial charge in [-0.25, -0.2) is 0 Å². The van der Waals surface area contributed by atoms with Crippen LogP contribution in [0.3, 0.4) is 0 Å². The Kier molecular flexibility index (Phi) is 5.36. The van der Waals surface area contributed by atoms with E-state index in [-0.39, 0.29) is 12.5 Å². The van der Waals surface area contributed by atoms with Crippen molar-refractivity contribution in [3.63, 3.8) is 0 Å². The predicted molar refractivity (Wildman–Crippen MR) is 110 cm³/mol. The minimum absolute atomic E-state index is 0.0661. The minimum Gasteiger partial charge on any atom is -0.496 e. The van der Waals surface area contributed by atoms with Crippen LogP contribution in [-0.4, -0.2) is 45.9 Å². The van der Waals surface area contributed by atoms with E-state index in [0.717, 1.165) is 17.5 Å². The molecule has 0 radical (unpaired) electrons. The van der Waals surface area contributed by atoms with Gasteiger partial charge >= 0.3 is 0 Å². The van der Waals surface area contributed by atoms with Crippen LogP contribution in [0.4, 0.5) is 0 Å². The molecule has 150 valence electrons. The van der Waals surface area contributed by atoms with Crippen LogP contribution in [0.15, 0.2) is 67.0 Å². The fourth-order valence-corrected chi connectivity index (χ4v) is 3.97. The van der Waals surface area contributed by atoms with E-state index in [2.05, 4.69) is 5.10 Å². The molecule has 1 saturated heterocycles. The Balaban J connectivity index is 1.50. The molecule has 1 fully saturated rings. The molecule has 1 aliphatic rings. The first-order chi connectivity index (χ1) is 14.1. The zero-order valence-electron chi connectivity index (χ0n) is 16.5. The standard InChI is InChI=1S/C23H25N3O3/c1-29-21-7-3-2-6-20(21)23(28)12-4-14-25(17-23)22(27)19-10-8-18(9-11-19)16-26-15-5-13-24-26/h2-3,5-11,13,15,28H,4,12,14,16-17H2,1H3. The molecule has 3 aromatic rings. The summed E-state index contributed by atoms with van der Waals surface area (Å²) in [5, 5.41) is 15.5. The zero-order chi connectivity index (χ0) is 20.3. The highest BCUT2D eigenvalue weighted by Crippen LogP contribution is 2.37. The molecule has 6 heteroatoms. The highest BCUT2D eigenvalue weighted by Gasteiger charge is 2.38. The van der Waals surface area contributed by atoms with Gasteiger partial charge in [0.05, 0.1) is 20.2 Å². The van der Waals surface area contributed by atoms with E-state index in [1.807, 2.05) is 65.5 Å². The molecule has 0 bridgehead atoms. The fraction of sp³-hybridized carbons (Fsp3) is 0.304. The number of carbonyl (C=O) groups is 1. The van der Waals surface area contributed by atoms with Gasteiger partial charge in [0.1, 0.15) is 11.4 Å². The normalized spacial score (nSPS) is 19.2. The third-order valence-electron chi connectivity index (χ3n) is 5.47. The lowest BCUT2D eigenvalue weighted by molar-refractivity contribution is -0.0303. The molecule has 1 aliphatic heterocycles. The van der Waals surface area contributed by atoms with Gasteiger partial charge in [-0.15, -0.1) is 0 Å². The van der Waals surface area contributed by atoms with E-state index in [1.165, 1.54) is 0 Å². The maximum absolute atomic E-state index is 13.1. The Morgan fingerprint density at radius 3 is 2.69 bits per heavy atom. The van der Waals surface area contributed by atoms with Crippen molar-refractivity contribution in [2.75, 3.05) is 20.2 Å². The molecule has 2 heterocycles. The second-order valence-corrected chi connectivity index (χ2v) is 7.46. The molecule has 0 saturated carbocycles. The topological polar surface area (TPSA) is 67.6 Å². The van der Waals surface area contributed by atoms with Crippen LogP contribution >= 0.6 is 0 Å². The van der Waals surface area contributed by atoms with Crippen molar-refractivity contribution >= 4 is 5.91 Å². The number of nitrogens with zero attached hydrogens (tertiary/aromatic N) is 3. The highest BCUT2D eigenvalue weighted by atomic mass is 16.5. The van der Waals surface area contributed by atoms with Crippen LogP contribution in [0, 0.1) is 0 Å². The van der Waals surface area contributed by atoms with Gasteiger partial charge in [-0.1, -0.05) is 30.3 Å². The molecule has 1 unspecified atom stereocenters. The molecule has 2 aromatic carbocycles. The summed E-state index contributed by atoms with van der Waals surface area (Å²) in [5.41, 5.74) is 1.32. The second kappa shape index (κ2) is 8.09. The minimum atomic E-state index is -1.11. The summed E-state index contributed by atoms with van der Waals surface area (Å²) in [7, 11) is 1.60. The third-order valence-corrected chi connectivity index (χ3v) is 5.47. The zero-order valence-corrected chi connectivity index (χ0v) is 16.5. The number of para-hydroxylation sites is 1. The van der Waals surface area contributed by atoms with Gasteiger partial charge < -0.3 is 14.7 Å². The smallest absolute Gasteiger partial charge is 0.253 e. The van der Waals surface area contributed by atoms with Crippen LogP contribution in [0.5, 0.6) is 5.75 Å². The summed E-state index contributed by atoms with van der Waals surface area (Å²) >= 11 is 0. The van der Waals surface area contributed by atoms with Gasteiger partial charge in [0, 0.05) is 30.1 Å². The van der Waals surface area contributed by atoms with E-state index >= 15 is 0 Å². The lowest BCUT2D eigenvalue weighted by Gasteiger charge is -2.40. The third kappa shape index (κ3) is 4.03. The number of aromatic nitrogens is 2. The summed E-state index contributed by atoms with van der Waals surface area (Å²) in [6.45, 7) is 1.55. The van der Waals surface area contributed by atoms with E-state index in [0.29, 0.717) is 30.8 Å². The average Bonchev–Trinajstić information content (AvgIpc) is 3.27. The Hall–Kier alpha value is -3.12. The number of benzene rings is 2. The molecule has 1 atom stereocenters. The van der Waals surface area contributed by atoms with Gasteiger partial charge in [-0.2, -0.15) is 5.10 Å². The van der Waals surface area contributed by atoms with Crippen LogP contribution < -0.4 is 4.74 Å². The number of hydrogen-bond acceptors (Lipinski definition) is 4. The Bertz CT molecular complexity index is 969. The van der Waals surface area contributed by atoms with Crippen molar-refractivity contribution < 1.29 is 14.6 Å². The maximum Gasteiger partial charge on any atom is 0.253 e. The summed E-state index contributed by atoms with van der Waals surface area (Å²) in [5.74, 6) is 0.580. The number of aliphatic hydroxyl groups is 1. The number of carbonyl (C=O) groups excluding carboxylic acids is 1. The number of amides is 1. The summed E-state index contributed by atoms with van der Waals surface area (Å²) in [6, 6.07) is 16.9. The molecule has 4 rings (SSSR count). The predicted octanol–water partition coefficient (Wildman–Crippen LogP) is 3.06. The number of hydrogen-bond donors (Lipinski definition) is 1. The lowest BCUT2D eigenvalue weighted by atomic mass is 9.85. The Morgan fingerprint density at radius 1 is 1.17 bits per heavy atom. The molecule has 6 nitrogen and oxygen atoms in total. The highest BCUT2D eigenvalue weighted by molar-refractivity contribution is 5.94. The largest absolute Gasteiger partial charge is 0.496 e. The summed E-state index contributed by atoms with van der Waals surface area (Å²) < 4.78 is 7.27. The van der Waals surface area contributed by atoms with Crippen molar-refractivity contribution in [1.82, 2.24) is 14.7 Å². The lowest BCUT2D eigenvalue weighted by Crippen LogP contribution is -2.48. The number of piperidine rings is 1. The molecular formula is C23H25N3O3. The molecule has 1 aromatic heterocycles. The maximum atomic E-state index is 13.1. The molecular weight excluding hydrogens is 366 g/mol. The van der Waals surface area contributed by atoms with Crippen molar-refractivity contribution in [1.29, 1.82) is 0 Å². The van der Waals surface area contributed by atoms with Crippen LogP contribution in [-0.2, 0) is 12.1 Å². The number of methoxy groups -OCH3 is 1. The molecule has 1 N–H and O–H groups in total. The first kappa shape index (κ1) is 19.2. The molecule has 0 aliphatic carbocycles. The van der Waals surface area contributed by atoms with Gasteiger partial charge in [0.25, 0.3) is 5.91 Å². The van der Waals surface area contributed by atoms with Crippen LogP contribution in [0.25, 0.3) is 0 Å². The molecule has 29 heavy (non-hydrogen) atoms. The van der Waals surface area contributed by atoms with Crippen LogP contribution in [0.2, 0.25) is 0 Å². The van der Waals surface area contributed by atoms with Crippen molar-refractivity contribution in [2.24, 2.45) is 0 Å². The van der Waals surface area contributed by atoms with Gasteiger partial charge in [0.15, 0.2) is 0 Å².